The maximum atomic E-state index is 12.1. The number of rotatable bonds is 4. The van der Waals surface area contributed by atoms with Gasteiger partial charge in [0.05, 0.1) is 0 Å². The first-order valence-electron chi connectivity index (χ1n) is 8.15. The van der Waals surface area contributed by atoms with Gasteiger partial charge in [-0.15, -0.1) is 0 Å². The van der Waals surface area contributed by atoms with Gasteiger partial charge in [0.2, 0.25) is 5.91 Å². The minimum atomic E-state index is -0.222. The van der Waals surface area contributed by atoms with Gasteiger partial charge in [-0.2, -0.15) is 0 Å². The van der Waals surface area contributed by atoms with Gasteiger partial charge in [-0.25, -0.2) is 0 Å². The van der Waals surface area contributed by atoms with E-state index >= 15 is 0 Å². The molecule has 2 unspecified atom stereocenters. The van der Waals surface area contributed by atoms with Crippen LogP contribution in [0.15, 0.2) is 0 Å². The molecule has 2 atom stereocenters. The van der Waals surface area contributed by atoms with Crippen LogP contribution in [0, 0.1) is 11.8 Å². The Morgan fingerprint density at radius 2 is 1.84 bits per heavy atom. The van der Waals surface area contributed by atoms with E-state index in [1.54, 1.807) is 0 Å². The van der Waals surface area contributed by atoms with Crippen molar-refractivity contribution in [3.8, 4) is 0 Å². The zero-order valence-electron chi connectivity index (χ0n) is 12.4. The topological polar surface area (TPSA) is 55.1 Å². The molecule has 0 aromatic rings. The Bertz CT molecular complexity index is 297. The zero-order valence-corrected chi connectivity index (χ0v) is 12.4. The highest BCUT2D eigenvalue weighted by Crippen LogP contribution is 2.30. The van der Waals surface area contributed by atoms with Crippen LogP contribution in [0.3, 0.4) is 0 Å². The third-order valence-electron chi connectivity index (χ3n) is 5.21. The first kappa shape index (κ1) is 14.8. The van der Waals surface area contributed by atoms with Gasteiger partial charge in [0.1, 0.15) is 0 Å². The lowest BCUT2D eigenvalue weighted by molar-refractivity contribution is -0.122. The number of hydrogen-bond acceptors (Lipinski definition) is 2. The van der Waals surface area contributed by atoms with E-state index in [4.69, 9.17) is 5.73 Å². The molecule has 2 saturated carbocycles. The van der Waals surface area contributed by atoms with E-state index in [1.165, 1.54) is 44.9 Å². The van der Waals surface area contributed by atoms with Crippen LogP contribution in [-0.2, 0) is 4.79 Å². The van der Waals surface area contributed by atoms with Crippen molar-refractivity contribution in [2.75, 3.05) is 6.54 Å². The smallest absolute Gasteiger partial charge is 0.221 e. The van der Waals surface area contributed by atoms with Gasteiger partial charge in [0, 0.05) is 18.5 Å². The highest BCUT2D eigenvalue weighted by Gasteiger charge is 2.30. The maximum Gasteiger partial charge on any atom is 0.221 e. The van der Waals surface area contributed by atoms with E-state index in [0.717, 1.165) is 25.3 Å². The number of hydrogen-bond donors (Lipinski definition) is 2. The van der Waals surface area contributed by atoms with E-state index in [1.807, 2.05) is 0 Å². The van der Waals surface area contributed by atoms with Gasteiger partial charge >= 0.3 is 0 Å². The molecule has 2 rings (SSSR count). The lowest BCUT2D eigenvalue weighted by Gasteiger charge is -2.33. The van der Waals surface area contributed by atoms with Crippen molar-refractivity contribution in [2.24, 2.45) is 17.6 Å². The summed E-state index contributed by atoms with van der Waals surface area (Å²) in [5.41, 5.74) is 6.11. The second-order valence-corrected chi connectivity index (χ2v) is 6.93. The van der Waals surface area contributed by atoms with Gasteiger partial charge < -0.3 is 11.1 Å². The highest BCUT2D eigenvalue weighted by molar-refractivity contribution is 5.77. The van der Waals surface area contributed by atoms with Gasteiger partial charge in [0.25, 0.3) is 0 Å². The molecule has 3 nitrogen and oxygen atoms in total. The monoisotopic (exact) mass is 266 g/mol. The molecule has 110 valence electrons. The maximum absolute atomic E-state index is 12.1. The van der Waals surface area contributed by atoms with Gasteiger partial charge in [-0.1, -0.05) is 45.4 Å². The van der Waals surface area contributed by atoms with E-state index in [9.17, 15) is 4.79 Å². The number of carbonyl (C=O) groups is 1. The fraction of sp³-hybridized carbons (Fsp3) is 0.938. The molecular weight excluding hydrogens is 236 g/mol. The molecule has 0 aromatic heterocycles. The Hall–Kier alpha value is -0.570. The summed E-state index contributed by atoms with van der Waals surface area (Å²) in [5.74, 6) is 1.61. The third-order valence-corrected chi connectivity index (χ3v) is 5.21. The van der Waals surface area contributed by atoms with Crippen molar-refractivity contribution in [2.45, 2.75) is 76.7 Å². The predicted octanol–water partition coefficient (Wildman–Crippen LogP) is 2.98. The van der Waals surface area contributed by atoms with Crippen molar-refractivity contribution in [1.29, 1.82) is 0 Å². The van der Waals surface area contributed by atoms with Crippen LogP contribution in [-0.4, -0.2) is 18.0 Å². The summed E-state index contributed by atoms with van der Waals surface area (Å²) in [6.07, 6.45) is 11.5. The summed E-state index contributed by atoms with van der Waals surface area (Å²) in [4.78, 5) is 12.1. The van der Waals surface area contributed by atoms with Crippen molar-refractivity contribution in [3.05, 3.63) is 0 Å². The summed E-state index contributed by atoms with van der Waals surface area (Å²) in [5, 5.41) is 3.14. The Balaban J connectivity index is 1.71. The second-order valence-electron chi connectivity index (χ2n) is 6.93. The molecule has 2 fully saturated rings. The second kappa shape index (κ2) is 6.74. The summed E-state index contributed by atoms with van der Waals surface area (Å²) >= 11 is 0. The predicted molar refractivity (Wildman–Crippen MR) is 78.8 cm³/mol. The number of nitrogens with one attached hydrogen (secondary N) is 1. The Kier molecular flexibility index (Phi) is 5.26. The molecular formula is C16H30N2O. The molecule has 0 spiro atoms. The molecule has 19 heavy (non-hydrogen) atoms. The lowest BCUT2D eigenvalue weighted by Crippen LogP contribution is -2.46. The Morgan fingerprint density at radius 3 is 2.53 bits per heavy atom. The van der Waals surface area contributed by atoms with E-state index < -0.39 is 0 Å². The molecule has 2 aliphatic rings. The quantitative estimate of drug-likeness (QED) is 0.822. The number of amides is 1. The molecule has 0 aliphatic heterocycles. The van der Waals surface area contributed by atoms with Gasteiger partial charge in [0.15, 0.2) is 0 Å². The average Bonchev–Trinajstić information content (AvgIpc) is 2.38. The first-order chi connectivity index (χ1) is 9.09. The lowest BCUT2D eigenvalue weighted by atomic mass is 9.79. The number of nitrogens with two attached hydrogens (primary N) is 1. The molecule has 0 heterocycles. The van der Waals surface area contributed by atoms with Crippen LogP contribution in [0.4, 0.5) is 0 Å². The summed E-state index contributed by atoms with van der Waals surface area (Å²) in [6.45, 7) is 3.18. The Morgan fingerprint density at radius 1 is 1.16 bits per heavy atom. The van der Waals surface area contributed by atoms with Gasteiger partial charge in [-0.05, 0) is 31.1 Å². The first-order valence-corrected chi connectivity index (χ1v) is 8.15. The van der Waals surface area contributed by atoms with E-state index in [-0.39, 0.29) is 11.4 Å². The van der Waals surface area contributed by atoms with Crippen LogP contribution < -0.4 is 11.1 Å². The van der Waals surface area contributed by atoms with E-state index in [2.05, 4.69) is 12.2 Å². The molecule has 3 heteroatoms. The fourth-order valence-corrected chi connectivity index (χ4v) is 3.76. The van der Waals surface area contributed by atoms with Crippen LogP contribution in [0.2, 0.25) is 0 Å². The van der Waals surface area contributed by atoms with E-state index in [0.29, 0.717) is 12.3 Å². The highest BCUT2D eigenvalue weighted by atomic mass is 16.1. The molecule has 2 aliphatic carbocycles. The minimum Gasteiger partial charge on any atom is -0.356 e. The van der Waals surface area contributed by atoms with Crippen molar-refractivity contribution >= 4 is 5.91 Å². The summed E-state index contributed by atoms with van der Waals surface area (Å²) < 4.78 is 0. The summed E-state index contributed by atoms with van der Waals surface area (Å²) in [7, 11) is 0. The molecule has 0 radical (unpaired) electrons. The molecule has 1 amide bonds. The molecule has 0 bridgehead atoms. The van der Waals surface area contributed by atoms with Crippen LogP contribution in [0.25, 0.3) is 0 Å². The van der Waals surface area contributed by atoms with Crippen LogP contribution >= 0.6 is 0 Å². The average molecular weight is 266 g/mol. The van der Waals surface area contributed by atoms with Crippen molar-refractivity contribution in [1.82, 2.24) is 5.32 Å². The zero-order chi connectivity index (χ0) is 13.7. The van der Waals surface area contributed by atoms with Gasteiger partial charge in [-0.3, -0.25) is 4.79 Å². The summed E-state index contributed by atoms with van der Waals surface area (Å²) in [6, 6.07) is 0. The Labute approximate surface area is 117 Å². The molecule has 3 N–H and O–H groups in total. The van der Waals surface area contributed by atoms with Crippen molar-refractivity contribution < 1.29 is 4.79 Å². The molecule has 0 saturated heterocycles. The fourth-order valence-electron chi connectivity index (χ4n) is 3.76. The minimum absolute atomic E-state index is 0.169. The normalized spacial score (nSPS) is 30.8. The van der Waals surface area contributed by atoms with Crippen molar-refractivity contribution in [3.63, 3.8) is 0 Å². The van der Waals surface area contributed by atoms with Crippen LogP contribution in [0.5, 0.6) is 0 Å². The SMILES string of the molecule is CC1CCCCC1CNC(=O)CC1(N)CCCCC1. The molecule has 0 aromatic carbocycles. The largest absolute Gasteiger partial charge is 0.356 e. The standard InChI is InChI=1S/C16H30N2O/c1-13-7-3-4-8-14(13)12-18-15(19)11-16(17)9-5-2-6-10-16/h13-14H,2-12,17H2,1H3,(H,18,19). The third kappa shape index (κ3) is 4.48. The number of carbonyl (C=O) groups excluding carboxylic acids is 1. The van der Waals surface area contributed by atoms with Crippen LogP contribution in [0.1, 0.15) is 71.1 Å².